The molecule has 3 rings (SSSR count). The molecule has 4 nitrogen and oxygen atoms in total. The third-order valence-corrected chi connectivity index (χ3v) is 3.61. The summed E-state index contributed by atoms with van der Waals surface area (Å²) in [4.78, 5) is 4.43. The molecular weight excluding hydrogens is 226 g/mol. The van der Waals surface area contributed by atoms with E-state index < -0.39 is 0 Å². The third kappa shape index (κ3) is 1.78. The van der Waals surface area contributed by atoms with Crippen molar-refractivity contribution in [3.05, 3.63) is 30.5 Å². The molecule has 4 heteroatoms. The fourth-order valence-corrected chi connectivity index (χ4v) is 2.24. The number of aromatic nitrogens is 1. The second-order valence-electron chi connectivity index (χ2n) is 4.82. The number of nitrogens with one attached hydrogen (secondary N) is 1. The summed E-state index contributed by atoms with van der Waals surface area (Å²) in [5, 5.41) is 5.64. The number of ether oxygens (including phenoxy) is 1. The highest BCUT2D eigenvalue weighted by Crippen LogP contribution is 2.39. The van der Waals surface area contributed by atoms with Gasteiger partial charge in [-0.3, -0.25) is 0 Å². The smallest absolute Gasteiger partial charge is 0.134 e. The average Bonchev–Trinajstić information content (AvgIpc) is 3.19. The Balaban J connectivity index is 2.07. The van der Waals surface area contributed by atoms with E-state index in [1.807, 2.05) is 18.2 Å². The molecule has 0 spiro atoms. The van der Waals surface area contributed by atoms with E-state index in [2.05, 4.69) is 16.4 Å². The lowest BCUT2D eigenvalue weighted by Crippen LogP contribution is -2.31. The van der Waals surface area contributed by atoms with Crippen LogP contribution in [-0.2, 0) is 0 Å². The van der Waals surface area contributed by atoms with Gasteiger partial charge in [0, 0.05) is 23.5 Å². The van der Waals surface area contributed by atoms with Gasteiger partial charge in [-0.1, -0.05) is 12.1 Å². The summed E-state index contributed by atoms with van der Waals surface area (Å²) in [6.07, 6.45) is 4.04. The molecule has 0 aliphatic heterocycles. The van der Waals surface area contributed by atoms with Crippen LogP contribution >= 0.6 is 0 Å². The van der Waals surface area contributed by atoms with Crippen LogP contribution in [0, 0.1) is 0 Å². The molecule has 1 fully saturated rings. The minimum atomic E-state index is 0.0599. The van der Waals surface area contributed by atoms with Crippen LogP contribution in [0.5, 0.6) is 5.75 Å². The number of benzene rings is 1. The first-order valence-corrected chi connectivity index (χ1v) is 6.18. The van der Waals surface area contributed by atoms with Crippen molar-refractivity contribution in [2.75, 3.05) is 19.0 Å². The van der Waals surface area contributed by atoms with E-state index in [0.29, 0.717) is 6.54 Å². The molecule has 1 aromatic heterocycles. The molecule has 3 N–H and O–H groups in total. The van der Waals surface area contributed by atoms with Gasteiger partial charge in [0.2, 0.25) is 0 Å². The maximum atomic E-state index is 5.80. The Kier molecular flexibility index (Phi) is 2.59. The summed E-state index contributed by atoms with van der Waals surface area (Å²) in [5.74, 6) is 1.77. The maximum Gasteiger partial charge on any atom is 0.134 e. The van der Waals surface area contributed by atoms with Crippen molar-refractivity contribution >= 4 is 16.6 Å². The zero-order chi connectivity index (χ0) is 12.6. The van der Waals surface area contributed by atoms with Gasteiger partial charge in [0.1, 0.15) is 11.6 Å². The van der Waals surface area contributed by atoms with Crippen LogP contribution in [0.2, 0.25) is 0 Å². The number of pyridine rings is 1. The van der Waals surface area contributed by atoms with E-state index in [4.69, 9.17) is 10.5 Å². The first kappa shape index (κ1) is 11.3. The highest BCUT2D eigenvalue weighted by atomic mass is 16.5. The molecule has 1 saturated carbocycles. The summed E-state index contributed by atoms with van der Waals surface area (Å²) in [7, 11) is 1.69. The molecule has 0 saturated heterocycles. The fourth-order valence-electron chi connectivity index (χ4n) is 2.24. The third-order valence-electron chi connectivity index (χ3n) is 3.61. The summed E-state index contributed by atoms with van der Waals surface area (Å²) >= 11 is 0. The molecule has 0 radical (unpaired) electrons. The first-order chi connectivity index (χ1) is 8.78. The Labute approximate surface area is 106 Å². The normalized spacial score (nSPS) is 16.6. The lowest BCUT2D eigenvalue weighted by molar-refractivity contribution is 0.420. The number of nitrogens with two attached hydrogens (primary N) is 1. The second-order valence-corrected chi connectivity index (χ2v) is 4.82. The molecule has 1 aliphatic rings. The van der Waals surface area contributed by atoms with Gasteiger partial charge in [-0.2, -0.15) is 0 Å². The van der Waals surface area contributed by atoms with E-state index in [1.165, 1.54) is 0 Å². The molecule has 0 amide bonds. The van der Waals surface area contributed by atoms with E-state index in [1.54, 1.807) is 13.3 Å². The Morgan fingerprint density at radius 3 is 2.83 bits per heavy atom. The predicted molar refractivity (Wildman–Crippen MR) is 72.9 cm³/mol. The zero-order valence-corrected chi connectivity index (χ0v) is 10.4. The van der Waals surface area contributed by atoms with Crippen molar-refractivity contribution in [3.63, 3.8) is 0 Å². The number of fused-ring (bicyclic) bond motifs is 1. The molecule has 2 aromatic rings. The number of hydrogen-bond acceptors (Lipinski definition) is 4. The van der Waals surface area contributed by atoms with E-state index in [9.17, 15) is 0 Å². The number of anilines is 1. The molecule has 18 heavy (non-hydrogen) atoms. The van der Waals surface area contributed by atoms with Crippen molar-refractivity contribution in [1.82, 2.24) is 4.98 Å². The largest absolute Gasteiger partial charge is 0.496 e. The van der Waals surface area contributed by atoms with Crippen molar-refractivity contribution in [2.24, 2.45) is 5.73 Å². The van der Waals surface area contributed by atoms with Crippen molar-refractivity contribution in [3.8, 4) is 5.75 Å². The van der Waals surface area contributed by atoms with E-state index >= 15 is 0 Å². The Morgan fingerprint density at radius 1 is 1.33 bits per heavy atom. The summed E-state index contributed by atoms with van der Waals surface area (Å²) < 4.78 is 5.37. The Morgan fingerprint density at radius 2 is 2.17 bits per heavy atom. The lowest BCUT2D eigenvalue weighted by atomic mass is 10.1. The van der Waals surface area contributed by atoms with Crippen LogP contribution in [-0.4, -0.2) is 24.2 Å². The highest BCUT2D eigenvalue weighted by Gasteiger charge is 2.41. The van der Waals surface area contributed by atoms with Gasteiger partial charge in [-0.15, -0.1) is 0 Å². The van der Waals surface area contributed by atoms with Crippen LogP contribution in [0.1, 0.15) is 12.8 Å². The van der Waals surface area contributed by atoms with Gasteiger partial charge >= 0.3 is 0 Å². The number of hydrogen-bond donors (Lipinski definition) is 2. The number of methoxy groups -OCH3 is 1. The summed E-state index contributed by atoms with van der Waals surface area (Å²) in [6.45, 7) is 0.648. The number of rotatable bonds is 4. The van der Waals surface area contributed by atoms with Gasteiger partial charge in [0.25, 0.3) is 0 Å². The molecule has 1 heterocycles. The maximum absolute atomic E-state index is 5.80. The van der Waals surface area contributed by atoms with Gasteiger partial charge in [0.05, 0.1) is 12.6 Å². The molecule has 0 unspecified atom stereocenters. The average molecular weight is 243 g/mol. The standard InChI is InChI=1S/C14H17N3O/c1-18-12-4-2-3-11-10(12)5-8-16-13(11)17-14(9-15)6-7-14/h2-5,8H,6-7,9,15H2,1H3,(H,16,17). The Bertz CT molecular complexity index is 578. The van der Waals surface area contributed by atoms with Crippen LogP contribution in [0.15, 0.2) is 30.5 Å². The zero-order valence-electron chi connectivity index (χ0n) is 10.4. The minimum absolute atomic E-state index is 0.0599. The molecule has 94 valence electrons. The van der Waals surface area contributed by atoms with Crippen LogP contribution in [0.4, 0.5) is 5.82 Å². The van der Waals surface area contributed by atoms with Gasteiger partial charge in [-0.25, -0.2) is 4.98 Å². The van der Waals surface area contributed by atoms with Crippen molar-refractivity contribution in [1.29, 1.82) is 0 Å². The quantitative estimate of drug-likeness (QED) is 0.863. The number of nitrogens with zero attached hydrogens (tertiary/aromatic N) is 1. The van der Waals surface area contributed by atoms with Crippen molar-refractivity contribution < 1.29 is 4.74 Å². The van der Waals surface area contributed by atoms with Crippen LogP contribution < -0.4 is 15.8 Å². The minimum Gasteiger partial charge on any atom is -0.496 e. The van der Waals surface area contributed by atoms with E-state index in [-0.39, 0.29) is 5.54 Å². The van der Waals surface area contributed by atoms with Crippen LogP contribution in [0.3, 0.4) is 0 Å². The highest BCUT2D eigenvalue weighted by molar-refractivity contribution is 5.96. The first-order valence-electron chi connectivity index (χ1n) is 6.18. The Hall–Kier alpha value is -1.81. The van der Waals surface area contributed by atoms with Crippen molar-refractivity contribution in [2.45, 2.75) is 18.4 Å². The monoisotopic (exact) mass is 243 g/mol. The topological polar surface area (TPSA) is 60.2 Å². The van der Waals surface area contributed by atoms with Gasteiger partial charge < -0.3 is 15.8 Å². The second kappa shape index (κ2) is 4.14. The molecule has 1 aromatic carbocycles. The molecule has 0 atom stereocenters. The summed E-state index contributed by atoms with van der Waals surface area (Å²) in [5.41, 5.74) is 5.86. The summed E-state index contributed by atoms with van der Waals surface area (Å²) in [6, 6.07) is 7.97. The van der Waals surface area contributed by atoms with E-state index in [0.717, 1.165) is 35.2 Å². The SMILES string of the molecule is COc1cccc2c(NC3(CN)CC3)nccc12. The lowest BCUT2D eigenvalue weighted by Gasteiger charge is -2.17. The molecule has 0 bridgehead atoms. The molecule has 1 aliphatic carbocycles. The fraction of sp³-hybridized carbons (Fsp3) is 0.357. The molecular formula is C14H17N3O. The predicted octanol–water partition coefficient (Wildman–Crippen LogP) is 2.15. The van der Waals surface area contributed by atoms with Gasteiger partial charge in [-0.05, 0) is 25.0 Å². The van der Waals surface area contributed by atoms with Crippen LogP contribution in [0.25, 0.3) is 10.8 Å². The van der Waals surface area contributed by atoms with Gasteiger partial charge in [0.15, 0.2) is 0 Å².